The van der Waals surface area contributed by atoms with Gasteiger partial charge in [-0.2, -0.15) is 0 Å². The molecule has 34 heavy (non-hydrogen) atoms. The van der Waals surface area contributed by atoms with Crippen LogP contribution >= 0.6 is 0 Å². The Morgan fingerprint density at radius 3 is 1.29 bits per heavy atom. The lowest BCUT2D eigenvalue weighted by atomic mass is 10.0. The summed E-state index contributed by atoms with van der Waals surface area (Å²) in [5.41, 5.74) is 0. The monoisotopic (exact) mass is 482 g/mol. The van der Waals surface area contributed by atoms with Crippen LogP contribution in [0.25, 0.3) is 0 Å². The highest BCUT2D eigenvalue weighted by atomic mass is 16.5. The second-order valence-corrected chi connectivity index (χ2v) is 10.3. The minimum Gasteiger partial charge on any atom is -0.481 e. The third-order valence-corrected chi connectivity index (χ3v) is 6.83. The number of unbranched alkanes of at least 4 members (excludes halogenated alkanes) is 18. The SMILES string of the molecule is CCCCCCCCCCCCCCC(=O)OC(CCCCCCC)CCCCCCC(=O)O. The van der Waals surface area contributed by atoms with Crippen LogP contribution in [0.15, 0.2) is 0 Å². The Morgan fingerprint density at radius 2 is 0.882 bits per heavy atom. The van der Waals surface area contributed by atoms with E-state index >= 15 is 0 Å². The highest BCUT2D eigenvalue weighted by molar-refractivity contribution is 5.69. The molecule has 0 aromatic rings. The summed E-state index contributed by atoms with van der Waals surface area (Å²) in [7, 11) is 0. The number of ether oxygens (including phenoxy) is 1. The first-order valence-electron chi connectivity index (χ1n) is 15.0. The molecule has 0 rings (SSSR count). The molecule has 0 bridgehead atoms. The smallest absolute Gasteiger partial charge is 0.306 e. The van der Waals surface area contributed by atoms with Gasteiger partial charge in [0.25, 0.3) is 0 Å². The molecule has 0 spiro atoms. The largest absolute Gasteiger partial charge is 0.481 e. The van der Waals surface area contributed by atoms with Crippen molar-refractivity contribution in [3.05, 3.63) is 0 Å². The molecular weight excluding hydrogens is 424 g/mol. The Bertz CT molecular complexity index is 449. The van der Waals surface area contributed by atoms with Crippen LogP contribution in [0.3, 0.4) is 0 Å². The fraction of sp³-hybridized carbons (Fsp3) is 0.933. The van der Waals surface area contributed by atoms with Crippen LogP contribution in [0.1, 0.15) is 174 Å². The van der Waals surface area contributed by atoms with Gasteiger partial charge in [0.2, 0.25) is 0 Å². The molecule has 4 heteroatoms. The van der Waals surface area contributed by atoms with E-state index in [0.29, 0.717) is 6.42 Å². The maximum Gasteiger partial charge on any atom is 0.306 e. The first-order chi connectivity index (χ1) is 16.6. The highest BCUT2D eigenvalue weighted by Gasteiger charge is 2.14. The molecule has 0 aliphatic heterocycles. The zero-order chi connectivity index (χ0) is 25.1. The van der Waals surface area contributed by atoms with Gasteiger partial charge in [-0.1, -0.05) is 123 Å². The lowest BCUT2D eigenvalue weighted by Gasteiger charge is -2.18. The number of esters is 1. The molecule has 0 fully saturated rings. The van der Waals surface area contributed by atoms with Gasteiger partial charge in [-0.05, 0) is 38.5 Å². The Hall–Kier alpha value is -1.06. The average Bonchev–Trinajstić information content (AvgIpc) is 2.81. The summed E-state index contributed by atoms with van der Waals surface area (Å²) < 4.78 is 5.87. The molecule has 0 amide bonds. The van der Waals surface area contributed by atoms with Crippen molar-refractivity contribution in [1.82, 2.24) is 0 Å². The number of carbonyl (C=O) groups is 2. The minimum atomic E-state index is -0.711. The van der Waals surface area contributed by atoms with Crippen LogP contribution in [0.2, 0.25) is 0 Å². The summed E-state index contributed by atoms with van der Waals surface area (Å²) >= 11 is 0. The molecule has 0 aliphatic rings. The molecule has 1 atom stereocenters. The van der Waals surface area contributed by atoms with Crippen molar-refractivity contribution in [3.63, 3.8) is 0 Å². The number of carboxylic acids is 1. The second-order valence-electron chi connectivity index (χ2n) is 10.3. The van der Waals surface area contributed by atoms with E-state index in [2.05, 4.69) is 13.8 Å². The van der Waals surface area contributed by atoms with Gasteiger partial charge in [-0.3, -0.25) is 9.59 Å². The van der Waals surface area contributed by atoms with Crippen molar-refractivity contribution in [2.75, 3.05) is 0 Å². The summed E-state index contributed by atoms with van der Waals surface area (Å²) in [6.07, 6.45) is 28.3. The summed E-state index contributed by atoms with van der Waals surface area (Å²) in [4.78, 5) is 23.0. The van der Waals surface area contributed by atoms with Crippen molar-refractivity contribution in [2.45, 2.75) is 180 Å². The quantitative estimate of drug-likeness (QED) is 0.0934. The van der Waals surface area contributed by atoms with Crippen molar-refractivity contribution in [3.8, 4) is 0 Å². The van der Waals surface area contributed by atoms with Gasteiger partial charge in [-0.15, -0.1) is 0 Å². The van der Waals surface area contributed by atoms with Crippen LogP contribution in [0.4, 0.5) is 0 Å². The number of carbonyl (C=O) groups excluding carboxylic acids is 1. The van der Waals surface area contributed by atoms with Crippen molar-refractivity contribution < 1.29 is 19.4 Å². The molecule has 1 N–H and O–H groups in total. The average molecular weight is 483 g/mol. The topological polar surface area (TPSA) is 63.6 Å². The third kappa shape index (κ3) is 25.6. The van der Waals surface area contributed by atoms with Crippen LogP contribution < -0.4 is 0 Å². The lowest BCUT2D eigenvalue weighted by molar-refractivity contribution is -0.150. The van der Waals surface area contributed by atoms with Crippen molar-refractivity contribution >= 4 is 11.9 Å². The normalized spacial score (nSPS) is 12.1. The molecule has 0 saturated heterocycles. The molecule has 202 valence electrons. The zero-order valence-corrected chi connectivity index (χ0v) is 22.9. The summed E-state index contributed by atoms with van der Waals surface area (Å²) in [6, 6.07) is 0. The van der Waals surface area contributed by atoms with E-state index in [1.165, 1.54) is 89.9 Å². The molecule has 0 aliphatic carbocycles. The van der Waals surface area contributed by atoms with E-state index in [1.807, 2.05) is 0 Å². The summed E-state index contributed by atoms with van der Waals surface area (Å²) in [6.45, 7) is 4.49. The predicted octanol–water partition coefficient (Wildman–Crippen LogP) is 9.78. The van der Waals surface area contributed by atoms with Crippen LogP contribution in [-0.4, -0.2) is 23.1 Å². The number of hydrogen-bond acceptors (Lipinski definition) is 3. The van der Waals surface area contributed by atoms with Gasteiger partial charge >= 0.3 is 11.9 Å². The van der Waals surface area contributed by atoms with Gasteiger partial charge < -0.3 is 9.84 Å². The van der Waals surface area contributed by atoms with E-state index < -0.39 is 5.97 Å². The molecule has 4 nitrogen and oxygen atoms in total. The predicted molar refractivity (Wildman–Crippen MR) is 144 cm³/mol. The zero-order valence-electron chi connectivity index (χ0n) is 22.9. The number of hydrogen-bond donors (Lipinski definition) is 1. The van der Waals surface area contributed by atoms with Gasteiger partial charge in [0.1, 0.15) is 6.10 Å². The Balaban J connectivity index is 3.87. The van der Waals surface area contributed by atoms with E-state index in [4.69, 9.17) is 9.84 Å². The Morgan fingerprint density at radius 1 is 0.529 bits per heavy atom. The molecule has 0 aromatic heterocycles. The Kier molecular flexibility index (Phi) is 25.7. The molecule has 0 radical (unpaired) electrons. The first kappa shape index (κ1) is 32.9. The summed E-state index contributed by atoms with van der Waals surface area (Å²) in [5, 5.41) is 8.74. The number of aliphatic carboxylic acids is 1. The fourth-order valence-electron chi connectivity index (χ4n) is 4.59. The molecular formula is C30H58O4. The van der Waals surface area contributed by atoms with Crippen LogP contribution in [0, 0.1) is 0 Å². The summed E-state index contributed by atoms with van der Waals surface area (Å²) in [5.74, 6) is -0.729. The van der Waals surface area contributed by atoms with E-state index in [1.54, 1.807) is 0 Å². The highest BCUT2D eigenvalue weighted by Crippen LogP contribution is 2.18. The van der Waals surface area contributed by atoms with Crippen molar-refractivity contribution in [1.29, 1.82) is 0 Å². The van der Waals surface area contributed by atoms with Crippen molar-refractivity contribution in [2.24, 2.45) is 0 Å². The standard InChI is InChI=1S/C30H58O4/c1-3-5-7-9-10-11-12-13-14-15-17-23-27-30(33)34-28(24-20-16-8-6-4-2)25-21-18-19-22-26-29(31)32/h28H,3-27H2,1-2H3,(H,31,32). The number of rotatable bonds is 27. The van der Waals surface area contributed by atoms with Gasteiger partial charge in [0.05, 0.1) is 0 Å². The second kappa shape index (κ2) is 26.5. The maximum atomic E-state index is 12.4. The molecule has 1 unspecified atom stereocenters. The van der Waals surface area contributed by atoms with Crippen LogP contribution in [-0.2, 0) is 14.3 Å². The molecule has 0 saturated carbocycles. The fourth-order valence-corrected chi connectivity index (χ4v) is 4.59. The van der Waals surface area contributed by atoms with Crippen LogP contribution in [0.5, 0.6) is 0 Å². The first-order valence-corrected chi connectivity index (χ1v) is 15.0. The third-order valence-electron chi connectivity index (χ3n) is 6.83. The van der Waals surface area contributed by atoms with E-state index in [9.17, 15) is 9.59 Å². The Labute approximate surface area is 212 Å². The minimum absolute atomic E-state index is 0.0171. The van der Waals surface area contributed by atoms with Gasteiger partial charge in [0.15, 0.2) is 0 Å². The molecule has 0 heterocycles. The van der Waals surface area contributed by atoms with E-state index in [0.717, 1.165) is 57.8 Å². The molecule has 0 aromatic carbocycles. The van der Waals surface area contributed by atoms with E-state index in [-0.39, 0.29) is 18.5 Å². The lowest BCUT2D eigenvalue weighted by Crippen LogP contribution is -2.18. The number of carboxylic acid groups (broad SMARTS) is 1. The van der Waals surface area contributed by atoms with Gasteiger partial charge in [-0.25, -0.2) is 0 Å². The van der Waals surface area contributed by atoms with Gasteiger partial charge in [0, 0.05) is 12.8 Å². The maximum absolute atomic E-state index is 12.4.